The van der Waals surface area contributed by atoms with Crippen molar-refractivity contribution in [3.05, 3.63) is 12.7 Å². The van der Waals surface area contributed by atoms with Gasteiger partial charge >= 0.3 is 0 Å². The Kier molecular flexibility index (Phi) is 6.18. The van der Waals surface area contributed by atoms with Crippen molar-refractivity contribution in [3.63, 3.8) is 0 Å². The van der Waals surface area contributed by atoms with Crippen LogP contribution in [0.5, 0.6) is 0 Å². The van der Waals surface area contributed by atoms with E-state index in [4.69, 9.17) is 9.47 Å². The van der Waals surface area contributed by atoms with Gasteiger partial charge in [0.15, 0.2) is 0 Å². The monoisotopic (exact) mass is 158 g/mol. The maximum atomic E-state index is 5.44. The molecular formula is C9H18O2. The number of rotatable bonds is 6. The molecule has 0 N–H and O–H groups in total. The molecule has 2 nitrogen and oxygen atoms in total. The molecule has 66 valence electrons. The van der Waals surface area contributed by atoms with E-state index in [9.17, 15) is 0 Å². The lowest BCUT2D eigenvalue weighted by molar-refractivity contribution is 0.00113. The van der Waals surface area contributed by atoms with E-state index >= 15 is 0 Å². The summed E-state index contributed by atoms with van der Waals surface area (Å²) in [5, 5.41) is 0. The van der Waals surface area contributed by atoms with Crippen LogP contribution in [-0.2, 0) is 9.47 Å². The van der Waals surface area contributed by atoms with E-state index in [1.165, 1.54) is 0 Å². The van der Waals surface area contributed by atoms with Crippen LogP contribution in [0.25, 0.3) is 0 Å². The summed E-state index contributed by atoms with van der Waals surface area (Å²) in [6, 6.07) is 0. The van der Waals surface area contributed by atoms with E-state index in [1.54, 1.807) is 7.11 Å². The van der Waals surface area contributed by atoms with Crippen LogP contribution in [-0.4, -0.2) is 26.4 Å². The van der Waals surface area contributed by atoms with E-state index in [2.05, 4.69) is 13.5 Å². The van der Waals surface area contributed by atoms with E-state index < -0.39 is 0 Å². The molecule has 0 heterocycles. The van der Waals surface area contributed by atoms with Crippen LogP contribution in [0, 0.1) is 5.92 Å². The normalized spacial score (nSPS) is 15.9. The van der Waals surface area contributed by atoms with Gasteiger partial charge < -0.3 is 9.47 Å². The van der Waals surface area contributed by atoms with E-state index in [1.807, 2.05) is 13.0 Å². The zero-order valence-corrected chi connectivity index (χ0v) is 7.67. The molecule has 0 radical (unpaired) electrons. The summed E-state index contributed by atoms with van der Waals surface area (Å²) < 4.78 is 10.4. The van der Waals surface area contributed by atoms with Crippen LogP contribution in [0.2, 0.25) is 0 Å². The second-order valence-electron chi connectivity index (χ2n) is 2.81. The Hall–Kier alpha value is -0.340. The third kappa shape index (κ3) is 6.07. The lowest BCUT2D eigenvalue weighted by Gasteiger charge is -2.13. The summed E-state index contributed by atoms with van der Waals surface area (Å²) in [6.45, 7) is 9.14. The van der Waals surface area contributed by atoms with Crippen molar-refractivity contribution < 1.29 is 9.47 Å². The van der Waals surface area contributed by atoms with Gasteiger partial charge in [-0.1, -0.05) is 13.0 Å². The highest BCUT2D eigenvalue weighted by molar-refractivity contribution is 4.74. The molecule has 0 aliphatic heterocycles. The standard InChI is InChI=1S/C9H18O2/c1-5-8(2)6-11-9(3)7-10-4/h5,8-9H,1,6-7H2,2-4H3. The molecule has 2 unspecified atom stereocenters. The average molecular weight is 158 g/mol. The van der Waals surface area contributed by atoms with E-state index in [-0.39, 0.29) is 6.10 Å². The van der Waals surface area contributed by atoms with Crippen molar-refractivity contribution in [3.8, 4) is 0 Å². The third-order valence-electron chi connectivity index (χ3n) is 1.45. The van der Waals surface area contributed by atoms with Crippen molar-refractivity contribution in [2.75, 3.05) is 20.3 Å². The van der Waals surface area contributed by atoms with Gasteiger partial charge in [0.2, 0.25) is 0 Å². The van der Waals surface area contributed by atoms with Crippen LogP contribution < -0.4 is 0 Å². The summed E-state index contributed by atoms with van der Waals surface area (Å²) in [7, 11) is 1.68. The SMILES string of the molecule is C=CC(C)COC(C)COC. The Morgan fingerprint density at radius 1 is 1.36 bits per heavy atom. The third-order valence-corrected chi connectivity index (χ3v) is 1.45. The first-order chi connectivity index (χ1) is 5.20. The van der Waals surface area contributed by atoms with Gasteiger partial charge in [0.05, 0.1) is 19.3 Å². The maximum absolute atomic E-state index is 5.44. The highest BCUT2D eigenvalue weighted by atomic mass is 16.5. The van der Waals surface area contributed by atoms with Crippen LogP contribution in [0.3, 0.4) is 0 Å². The summed E-state index contributed by atoms with van der Waals surface area (Å²) >= 11 is 0. The van der Waals surface area contributed by atoms with Gasteiger partial charge in [-0.25, -0.2) is 0 Å². The molecule has 0 amide bonds. The largest absolute Gasteiger partial charge is 0.382 e. The molecular weight excluding hydrogens is 140 g/mol. The van der Waals surface area contributed by atoms with Crippen LogP contribution in [0.15, 0.2) is 12.7 Å². The van der Waals surface area contributed by atoms with Gasteiger partial charge in [-0.3, -0.25) is 0 Å². The fourth-order valence-corrected chi connectivity index (χ4v) is 0.667. The predicted octanol–water partition coefficient (Wildman–Crippen LogP) is 1.86. The molecule has 0 aromatic rings. The van der Waals surface area contributed by atoms with Crippen molar-refractivity contribution in [2.45, 2.75) is 20.0 Å². The number of methoxy groups -OCH3 is 1. The number of ether oxygens (including phenoxy) is 2. The first-order valence-corrected chi connectivity index (χ1v) is 3.93. The summed E-state index contributed by atoms with van der Waals surface area (Å²) in [5.41, 5.74) is 0. The quantitative estimate of drug-likeness (QED) is 0.549. The Morgan fingerprint density at radius 2 is 2.00 bits per heavy atom. The minimum absolute atomic E-state index is 0.183. The fraction of sp³-hybridized carbons (Fsp3) is 0.778. The lowest BCUT2D eigenvalue weighted by atomic mass is 10.2. The molecule has 0 rings (SSSR count). The number of hydrogen-bond acceptors (Lipinski definition) is 2. The van der Waals surface area contributed by atoms with Crippen LogP contribution in [0.4, 0.5) is 0 Å². The molecule has 0 bridgehead atoms. The Bertz CT molecular complexity index is 102. The Morgan fingerprint density at radius 3 is 2.45 bits per heavy atom. The van der Waals surface area contributed by atoms with Gasteiger partial charge in [-0.05, 0) is 12.8 Å². The predicted molar refractivity (Wildman–Crippen MR) is 46.7 cm³/mol. The van der Waals surface area contributed by atoms with Gasteiger partial charge in [-0.15, -0.1) is 6.58 Å². The second kappa shape index (κ2) is 6.38. The molecule has 0 aliphatic rings. The van der Waals surface area contributed by atoms with E-state index in [0.717, 1.165) is 6.61 Å². The Balaban J connectivity index is 3.29. The summed E-state index contributed by atoms with van der Waals surface area (Å²) in [5.74, 6) is 0.425. The molecule has 2 heteroatoms. The summed E-state index contributed by atoms with van der Waals surface area (Å²) in [4.78, 5) is 0. The molecule has 0 spiro atoms. The lowest BCUT2D eigenvalue weighted by Crippen LogP contribution is -2.17. The van der Waals surface area contributed by atoms with Crippen molar-refractivity contribution >= 4 is 0 Å². The first-order valence-electron chi connectivity index (χ1n) is 3.93. The van der Waals surface area contributed by atoms with Gasteiger partial charge in [0.1, 0.15) is 0 Å². The average Bonchev–Trinajstić information content (AvgIpc) is 2.01. The topological polar surface area (TPSA) is 18.5 Å². The highest BCUT2D eigenvalue weighted by Gasteiger charge is 2.02. The minimum Gasteiger partial charge on any atom is -0.382 e. The maximum Gasteiger partial charge on any atom is 0.0780 e. The molecule has 0 saturated heterocycles. The van der Waals surface area contributed by atoms with Gasteiger partial charge in [0.25, 0.3) is 0 Å². The molecule has 0 aromatic carbocycles. The van der Waals surface area contributed by atoms with Crippen LogP contribution in [0.1, 0.15) is 13.8 Å². The van der Waals surface area contributed by atoms with Gasteiger partial charge in [0, 0.05) is 7.11 Å². The summed E-state index contributed by atoms with van der Waals surface area (Å²) in [6.07, 6.45) is 2.07. The van der Waals surface area contributed by atoms with Crippen molar-refractivity contribution in [2.24, 2.45) is 5.92 Å². The minimum atomic E-state index is 0.183. The molecule has 2 atom stereocenters. The molecule has 0 fully saturated rings. The van der Waals surface area contributed by atoms with Crippen molar-refractivity contribution in [1.29, 1.82) is 0 Å². The molecule has 0 aromatic heterocycles. The highest BCUT2D eigenvalue weighted by Crippen LogP contribution is 1.99. The molecule has 11 heavy (non-hydrogen) atoms. The second-order valence-corrected chi connectivity index (χ2v) is 2.81. The zero-order chi connectivity index (χ0) is 8.69. The number of hydrogen-bond donors (Lipinski definition) is 0. The molecule has 0 saturated carbocycles. The molecule has 0 aliphatic carbocycles. The first kappa shape index (κ1) is 10.7. The fourth-order valence-electron chi connectivity index (χ4n) is 0.667. The smallest absolute Gasteiger partial charge is 0.0780 e. The van der Waals surface area contributed by atoms with Crippen LogP contribution >= 0.6 is 0 Å². The Labute approximate surface area is 69.2 Å². The van der Waals surface area contributed by atoms with Gasteiger partial charge in [-0.2, -0.15) is 0 Å². The zero-order valence-electron chi connectivity index (χ0n) is 7.67. The van der Waals surface area contributed by atoms with Crippen molar-refractivity contribution in [1.82, 2.24) is 0 Å². The van der Waals surface area contributed by atoms with E-state index in [0.29, 0.717) is 12.5 Å².